The average Bonchev–Trinajstić information content (AvgIpc) is 3.65. The number of nitrogens with zero attached hydrogens (tertiary/aromatic N) is 5. The summed E-state index contributed by atoms with van der Waals surface area (Å²) in [5, 5.41) is 3.94. The van der Waals surface area contributed by atoms with Crippen molar-refractivity contribution < 1.29 is 0 Å². The van der Waals surface area contributed by atoms with E-state index in [1.54, 1.807) is 0 Å². The highest BCUT2D eigenvalue weighted by Crippen LogP contribution is 2.35. The third-order valence-corrected chi connectivity index (χ3v) is 10.9. The van der Waals surface area contributed by atoms with E-state index >= 15 is 0 Å². The molecule has 8 aromatic rings. The molecule has 0 saturated carbocycles. The molecule has 0 amide bonds. The van der Waals surface area contributed by atoms with E-state index in [0.717, 1.165) is 40.9 Å². The van der Waals surface area contributed by atoms with Crippen LogP contribution in [0.1, 0.15) is 35.1 Å². The second kappa shape index (κ2) is 16.4. The fourth-order valence-corrected chi connectivity index (χ4v) is 8.04. The molecule has 5 nitrogen and oxygen atoms in total. The standard InChI is InChI=1S/C53H43N5/c1-54-52(41-17-6-3-7-18-41)56-53(42-19-8-4-9-20-42)55-37-38-29-35-43(36-30-38)57(2)48-26-14-12-23-45(48)39-31-33-40(34-32-39)46-25-16-28-50-51(46)47-24-13-15-27-49(47)58(50)44-21-10-5-11-22-44/h3-15,17-24,26-36H,1,16,25,37H2,2H3. The summed E-state index contributed by atoms with van der Waals surface area (Å²) in [6.45, 7) is 4.26. The normalized spacial score (nSPS) is 12.9. The quantitative estimate of drug-likeness (QED) is 0.107. The van der Waals surface area contributed by atoms with Crippen molar-refractivity contribution in [2.24, 2.45) is 15.0 Å². The van der Waals surface area contributed by atoms with E-state index in [2.05, 4.69) is 162 Å². The lowest BCUT2D eigenvalue weighted by molar-refractivity contribution is 1.01. The number of hydrogen-bond acceptors (Lipinski definition) is 2. The van der Waals surface area contributed by atoms with Crippen molar-refractivity contribution in [1.82, 2.24) is 4.57 Å². The van der Waals surface area contributed by atoms with Gasteiger partial charge in [-0.2, -0.15) is 0 Å². The number of hydrogen-bond donors (Lipinski definition) is 0. The van der Waals surface area contributed by atoms with Gasteiger partial charge in [0.25, 0.3) is 0 Å². The molecule has 0 unspecified atom stereocenters. The maximum atomic E-state index is 4.97. The molecular formula is C53H43N5. The summed E-state index contributed by atoms with van der Waals surface area (Å²) >= 11 is 0. The first-order valence-corrected chi connectivity index (χ1v) is 19.8. The smallest absolute Gasteiger partial charge is 0.161 e. The summed E-state index contributed by atoms with van der Waals surface area (Å²) in [6, 6.07) is 65.9. The van der Waals surface area contributed by atoms with Gasteiger partial charge in [0, 0.05) is 51.4 Å². The van der Waals surface area contributed by atoms with E-state index < -0.39 is 0 Å². The Morgan fingerprint density at radius 3 is 1.93 bits per heavy atom. The highest BCUT2D eigenvalue weighted by atomic mass is 15.1. The van der Waals surface area contributed by atoms with Crippen LogP contribution < -0.4 is 15.5 Å². The van der Waals surface area contributed by atoms with Crippen LogP contribution in [0.4, 0.5) is 11.4 Å². The second-order valence-corrected chi connectivity index (χ2v) is 14.5. The zero-order chi connectivity index (χ0) is 39.3. The zero-order valence-corrected chi connectivity index (χ0v) is 32.5. The largest absolute Gasteiger partial charge is 0.344 e. The third-order valence-electron chi connectivity index (χ3n) is 10.9. The Hall–Kier alpha value is -7.37. The highest BCUT2D eigenvalue weighted by Gasteiger charge is 2.17. The predicted octanol–water partition coefficient (Wildman–Crippen LogP) is 10.9. The van der Waals surface area contributed by atoms with Gasteiger partial charge in [0.2, 0.25) is 0 Å². The summed E-state index contributed by atoms with van der Waals surface area (Å²) in [4.78, 5) is 16.3. The number of aromatic nitrogens is 1. The average molecular weight is 750 g/mol. The van der Waals surface area contributed by atoms with Gasteiger partial charge >= 0.3 is 0 Å². The number of benzene rings is 7. The molecule has 0 aliphatic heterocycles. The van der Waals surface area contributed by atoms with Crippen LogP contribution in [0.15, 0.2) is 203 Å². The van der Waals surface area contributed by atoms with Crippen molar-refractivity contribution >= 4 is 52.3 Å². The first-order valence-electron chi connectivity index (χ1n) is 19.8. The van der Waals surface area contributed by atoms with Gasteiger partial charge in [0.15, 0.2) is 11.7 Å². The lowest BCUT2D eigenvalue weighted by Crippen LogP contribution is -2.32. The zero-order valence-electron chi connectivity index (χ0n) is 32.5. The first kappa shape index (κ1) is 36.3. The molecule has 0 radical (unpaired) electrons. The molecule has 0 fully saturated rings. The molecular weight excluding hydrogens is 707 g/mol. The Morgan fingerprint density at radius 1 is 0.621 bits per heavy atom. The van der Waals surface area contributed by atoms with Crippen molar-refractivity contribution in [2.45, 2.75) is 19.4 Å². The van der Waals surface area contributed by atoms with E-state index in [0.29, 0.717) is 18.2 Å². The molecule has 1 heterocycles. The molecule has 9 rings (SSSR count). The van der Waals surface area contributed by atoms with Gasteiger partial charge < -0.3 is 9.47 Å². The summed E-state index contributed by atoms with van der Waals surface area (Å²) < 4.78 is 2.42. The van der Waals surface area contributed by atoms with E-state index in [1.165, 1.54) is 49.4 Å². The van der Waals surface area contributed by atoms with E-state index in [-0.39, 0.29) is 0 Å². The van der Waals surface area contributed by atoms with Gasteiger partial charge in [-0.25, -0.2) is 9.98 Å². The minimum absolute atomic E-state index is 0.477. The Morgan fingerprint density at radius 2 is 1.22 bits per heavy atom. The van der Waals surface area contributed by atoms with E-state index in [9.17, 15) is 0 Å². The van der Waals surface area contributed by atoms with Crippen LogP contribution in [0.25, 0.3) is 39.4 Å². The lowest BCUT2D eigenvalue weighted by atomic mass is 9.93. The van der Waals surface area contributed by atoms with Gasteiger partial charge in [0.05, 0.1) is 17.4 Å². The fraction of sp³-hybridized carbons (Fsp3) is 0.0755. The Labute approximate surface area is 339 Å². The first-order chi connectivity index (χ1) is 28.7. The molecule has 0 saturated heterocycles. The van der Waals surface area contributed by atoms with Crippen molar-refractivity contribution in [3.05, 3.63) is 221 Å². The van der Waals surface area contributed by atoms with Gasteiger partial charge in [-0.05, 0) is 78.2 Å². The Kier molecular flexibility index (Phi) is 10.3. The molecule has 5 heteroatoms. The molecule has 1 aliphatic rings. The van der Waals surface area contributed by atoms with Crippen LogP contribution >= 0.6 is 0 Å². The van der Waals surface area contributed by atoms with Crippen LogP contribution in [0.2, 0.25) is 0 Å². The molecule has 1 aliphatic carbocycles. The molecule has 0 N–H and O–H groups in total. The van der Waals surface area contributed by atoms with E-state index in [4.69, 9.17) is 9.98 Å². The third kappa shape index (κ3) is 7.22. The second-order valence-electron chi connectivity index (χ2n) is 14.5. The van der Waals surface area contributed by atoms with Crippen molar-refractivity contribution in [3.8, 4) is 16.8 Å². The summed E-state index contributed by atoms with van der Waals surface area (Å²) in [5.74, 6) is 1.16. The van der Waals surface area contributed by atoms with Crippen LogP contribution in [-0.4, -0.2) is 30.0 Å². The van der Waals surface area contributed by atoms with Crippen molar-refractivity contribution in [1.29, 1.82) is 0 Å². The van der Waals surface area contributed by atoms with Crippen molar-refractivity contribution in [3.63, 3.8) is 0 Å². The Balaban J connectivity index is 0.993. The summed E-state index contributed by atoms with van der Waals surface area (Å²) in [6.07, 6.45) is 4.43. The van der Waals surface area contributed by atoms with Crippen molar-refractivity contribution in [2.75, 3.05) is 11.9 Å². The SMILES string of the molecule is C=NC(=NC(=NCc1ccc(N(C)c2ccccc2-c2ccc(C3=c4c(n(-c5ccccc5)c5ccccc45)=CCC3)cc2)cc1)c1ccccc1)c1ccccc1. The van der Waals surface area contributed by atoms with Gasteiger partial charge in [0.1, 0.15) is 0 Å². The van der Waals surface area contributed by atoms with Gasteiger partial charge in [-0.15, -0.1) is 0 Å². The lowest BCUT2D eigenvalue weighted by Gasteiger charge is -2.23. The maximum Gasteiger partial charge on any atom is 0.161 e. The minimum Gasteiger partial charge on any atom is -0.344 e. The molecule has 0 bridgehead atoms. The number of amidine groups is 2. The van der Waals surface area contributed by atoms with Crippen LogP contribution in [-0.2, 0) is 6.54 Å². The number of para-hydroxylation sites is 3. The Bertz CT molecular complexity index is 2910. The topological polar surface area (TPSA) is 45.2 Å². The highest BCUT2D eigenvalue weighted by molar-refractivity contribution is 6.12. The molecule has 7 aromatic carbocycles. The molecule has 280 valence electrons. The van der Waals surface area contributed by atoms with Crippen LogP contribution in [0, 0.1) is 0 Å². The fourth-order valence-electron chi connectivity index (χ4n) is 8.04. The van der Waals surface area contributed by atoms with E-state index in [1.807, 2.05) is 60.7 Å². The number of aliphatic imine (C=N–C) groups is 3. The van der Waals surface area contributed by atoms with Gasteiger partial charge in [-0.3, -0.25) is 4.99 Å². The molecule has 1 aromatic heterocycles. The van der Waals surface area contributed by atoms with Crippen LogP contribution in [0.5, 0.6) is 0 Å². The van der Waals surface area contributed by atoms with Crippen LogP contribution in [0.3, 0.4) is 0 Å². The molecule has 0 spiro atoms. The summed E-state index contributed by atoms with van der Waals surface area (Å²) in [7, 11) is 2.13. The predicted molar refractivity (Wildman–Crippen MR) is 244 cm³/mol. The molecule has 0 atom stereocenters. The number of rotatable bonds is 9. The monoisotopic (exact) mass is 749 g/mol. The minimum atomic E-state index is 0.477. The number of anilines is 2. The number of fused-ring (bicyclic) bond motifs is 3. The maximum absolute atomic E-state index is 4.97. The molecule has 58 heavy (non-hydrogen) atoms. The summed E-state index contributed by atoms with van der Waals surface area (Å²) in [5.41, 5.74) is 12.6. The van der Waals surface area contributed by atoms with Gasteiger partial charge in [-0.1, -0.05) is 158 Å².